The molecule has 0 unspecified atom stereocenters. The molecule has 0 N–H and O–H groups in total. The molecular formula is C12H10N4O. The van der Waals surface area contributed by atoms with Crippen molar-refractivity contribution in [1.82, 2.24) is 0 Å². The third kappa shape index (κ3) is 3.79. The standard InChI is InChI=1S/C12H10N4O/c1-17-12-6-5-10(8-11(12)9-13)4-2-3-7-15-16-14/h5-6,8H,3,7H2,1H3. The van der Waals surface area contributed by atoms with Crippen molar-refractivity contribution in [2.45, 2.75) is 6.42 Å². The average molecular weight is 226 g/mol. The molecule has 0 bridgehead atoms. The van der Waals surface area contributed by atoms with E-state index in [9.17, 15) is 0 Å². The number of nitriles is 1. The molecule has 0 spiro atoms. The molecule has 0 aliphatic carbocycles. The zero-order chi connectivity index (χ0) is 12.5. The molecule has 0 saturated heterocycles. The summed E-state index contributed by atoms with van der Waals surface area (Å²) in [5, 5.41) is 12.3. The number of azide groups is 1. The minimum absolute atomic E-state index is 0.352. The van der Waals surface area contributed by atoms with Crippen LogP contribution in [0.15, 0.2) is 23.3 Å². The van der Waals surface area contributed by atoms with Crippen molar-refractivity contribution in [1.29, 1.82) is 5.26 Å². The van der Waals surface area contributed by atoms with Crippen LogP contribution in [-0.2, 0) is 0 Å². The summed E-state index contributed by atoms with van der Waals surface area (Å²) in [5.41, 5.74) is 9.26. The third-order valence-electron chi connectivity index (χ3n) is 1.95. The third-order valence-corrected chi connectivity index (χ3v) is 1.95. The first-order chi connectivity index (χ1) is 8.31. The SMILES string of the molecule is COc1ccc(C#CCCN=[N+]=[N-])cc1C#N. The minimum Gasteiger partial charge on any atom is -0.495 e. The van der Waals surface area contributed by atoms with Gasteiger partial charge in [0.2, 0.25) is 0 Å². The summed E-state index contributed by atoms with van der Waals surface area (Å²) in [7, 11) is 1.52. The Bertz CT molecular complexity index is 542. The van der Waals surface area contributed by atoms with Gasteiger partial charge in [-0.1, -0.05) is 17.0 Å². The predicted molar refractivity (Wildman–Crippen MR) is 63.2 cm³/mol. The van der Waals surface area contributed by atoms with Gasteiger partial charge in [0.25, 0.3) is 0 Å². The first-order valence-corrected chi connectivity index (χ1v) is 4.89. The van der Waals surface area contributed by atoms with Gasteiger partial charge in [-0.25, -0.2) is 0 Å². The first kappa shape index (κ1) is 12.4. The minimum atomic E-state index is 0.352. The lowest BCUT2D eigenvalue weighted by Crippen LogP contribution is -1.88. The van der Waals surface area contributed by atoms with Gasteiger partial charge in [0.1, 0.15) is 11.8 Å². The second-order valence-corrected chi connectivity index (χ2v) is 3.03. The lowest BCUT2D eigenvalue weighted by Gasteiger charge is -2.01. The van der Waals surface area contributed by atoms with E-state index in [0.717, 1.165) is 5.56 Å². The molecule has 0 aliphatic heterocycles. The normalized spacial score (nSPS) is 8.24. The number of hydrogen-bond donors (Lipinski definition) is 0. The Morgan fingerprint density at radius 2 is 2.35 bits per heavy atom. The van der Waals surface area contributed by atoms with Gasteiger partial charge in [-0.05, 0) is 23.7 Å². The Kier molecular flexibility index (Phi) is 4.97. The Morgan fingerprint density at radius 3 is 3.00 bits per heavy atom. The topological polar surface area (TPSA) is 81.8 Å². The number of rotatable bonds is 3. The van der Waals surface area contributed by atoms with Gasteiger partial charge in [0.05, 0.1) is 12.7 Å². The molecule has 5 heteroatoms. The van der Waals surface area contributed by atoms with Crippen LogP contribution in [0.2, 0.25) is 0 Å². The van der Waals surface area contributed by atoms with E-state index < -0.39 is 0 Å². The van der Waals surface area contributed by atoms with Crippen molar-refractivity contribution in [2.75, 3.05) is 13.7 Å². The molecule has 1 rings (SSSR count). The fraction of sp³-hybridized carbons (Fsp3) is 0.250. The van der Waals surface area contributed by atoms with Crippen LogP contribution in [0.4, 0.5) is 0 Å². The van der Waals surface area contributed by atoms with Gasteiger partial charge < -0.3 is 4.74 Å². The summed E-state index contributed by atoms with van der Waals surface area (Å²) in [6.45, 7) is 0.352. The largest absolute Gasteiger partial charge is 0.495 e. The van der Waals surface area contributed by atoms with E-state index in [1.165, 1.54) is 7.11 Å². The number of hydrogen-bond acceptors (Lipinski definition) is 3. The Balaban J connectivity index is 2.79. The smallest absolute Gasteiger partial charge is 0.136 e. The van der Waals surface area contributed by atoms with Gasteiger partial charge >= 0.3 is 0 Å². The number of ether oxygens (including phenoxy) is 1. The zero-order valence-corrected chi connectivity index (χ0v) is 9.34. The van der Waals surface area contributed by atoms with Gasteiger partial charge in [-0.3, -0.25) is 0 Å². The average Bonchev–Trinajstić information content (AvgIpc) is 2.38. The van der Waals surface area contributed by atoms with Gasteiger partial charge in [-0.15, -0.1) is 0 Å². The highest BCUT2D eigenvalue weighted by atomic mass is 16.5. The molecule has 1 aromatic rings. The zero-order valence-electron chi connectivity index (χ0n) is 9.34. The molecule has 1 aromatic carbocycles. The molecule has 17 heavy (non-hydrogen) atoms. The summed E-state index contributed by atoms with van der Waals surface area (Å²) in [6, 6.07) is 7.19. The quantitative estimate of drug-likeness (QED) is 0.261. The Labute approximate surface area is 99.3 Å². The molecule has 0 saturated carbocycles. The van der Waals surface area contributed by atoms with E-state index in [4.69, 9.17) is 15.5 Å². The van der Waals surface area contributed by atoms with E-state index >= 15 is 0 Å². The lowest BCUT2D eigenvalue weighted by atomic mass is 10.1. The van der Waals surface area contributed by atoms with Crippen LogP contribution in [-0.4, -0.2) is 13.7 Å². The van der Waals surface area contributed by atoms with Crippen LogP contribution < -0.4 is 4.74 Å². The van der Waals surface area contributed by atoms with E-state index in [1.54, 1.807) is 18.2 Å². The maximum atomic E-state index is 8.88. The highest BCUT2D eigenvalue weighted by Gasteiger charge is 2.01. The predicted octanol–water partition coefficient (Wildman–Crippen LogP) is 2.62. The molecular weight excluding hydrogens is 216 g/mol. The molecule has 0 amide bonds. The fourth-order valence-corrected chi connectivity index (χ4v) is 1.19. The van der Waals surface area contributed by atoms with Crippen LogP contribution in [0.25, 0.3) is 10.4 Å². The van der Waals surface area contributed by atoms with Gasteiger partial charge in [-0.2, -0.15) is 5.26 Å². The molecule has 0 atom stereocenters. The van der Waals surface area contributed by atoms with Crippen molar-refractivity contribution in [3.05, 3.63) is 39.8 Å². The molecule has 5 nitrogen and oxygen atoms in total. The van der Waals surface area contributed by atoms with Crippen LogP contribution >= 0.6 is 0 Å². The maximum Gasteiger partial charge on any atom is 0.136 e. The summed E-state index contributed by atoms with van der Waals surface area (Å²) < 4.78 is 5.02. The summed E-state index contributed by atoms with van der Waals surface area (Å²) in [6.07, 6.45) is 0.498. The van der Waals surface area contributed by atoms with Crippen LogP contribution in [0.1, 0.15) is 17.5 Å². The lowest BCUT2D eigenvalue weighted by molar-refractivity contribution is 0.413. The van der Waals surface area contributed by atoms with Crippen molar-refractivity contribution < 1.29 is 4.74 Å². The van der Waals surface area contributed by atoms with E-state index in [1.807, 2.05) is 6.07 Å². The van der Waals surface area contributed by atoms with Crippen LogP contribution in [0.3, 0.4) is 0 Å². The van der Waals surface area contributed by atoms with E-state index in [-0.39, 0.29) is 0 Å². The van der Waals surface area contributed by atoms with E-state index in [0.29, 0.717) is 24.3 Å². The number of methoxy groups -OCH3 is 1. The van der Waals surface area contributed by atoms with Crippen molar-refractivity contribution >= 4 is 0 Å². The van der Waals surface area contributed by atoms with Gasteiger partial charge in [0.15, 0.2) is 0 Å². The summed E-state index contributed by atoms with van der Waals surface area (Å²) >= 11 is 0. The second-order valence-electron chi connectivity index (χ2n) is 3.03. The van der Waals surface area contributed by atoms with E-state index in [2.05, 4.69) is 21.9 Å². The highest BCUT2D eigenvalue weighted by molar-refractivity contribution is 5.49. The van der Waals surface area contributed by atoms with Crippen molar-refractivity contribution in [3.8, 4) is 23.7 Å². The maximum absolute atomic E-state index is 8.88. The van der Waals surface area contributed by atoms with Crippen LogP contribution in [0.5, 0.6) is 5.75 Å². The van der Waals surface area contributed by atoms with Crippen molar-refractivity contribution in [3.63, 3.8) is 0 Å². The fourth-order valence-electron chi connectivity index (χ4n) is 1.19. The Morgan fingerprint density at radius 1 is 1.53 bits per heavy atom. The monoisotopic (exact) mass is 226 g/mol. The molecule has 84 valence electrons. The van der Waals surface area contributed by atoms with Gasteiger partial charge in [0, 0.05) is 23.4 Å². The summed E-state index contributed by atoms with van der Waals surface area (Å²) in [5.74, 6) is 6.28. The highest BCUT2D eigenvalue weighted by Crippen LogP contribution is 2.18. The molecule has 0 aromatic heterocycles. The Hall–Kier alpha value is -2.62. The molecule has 0 heterocycles. The first-order valence-electron chi connectivity index (χ1n) is 4.89. The molecule has 0 aliphatic rings. The number of nitrogens with zero attached hydrogens (tertiary/aromatic N) is 4. The second kappa shape index (κ2) is 6.79. The molecule has 0 fully saturated rings. The van der Waals surface area contributed by atoms with Crippen LogP contribution in [0, 0.1) is 23.2 Å². The summed E-state index contributed by atoms with van der Waals surface area (Å²) in [4.78, 5) is 2.63. The number of benzene rings is 1. The molecule has 0 radical (unpaired) electrons. The van der Waals surface area contributed by atoms with Crippen molar-refractivity contribution in [2.24, 2.45) is 5.11 Å².